The first kappa shape index (κ1) is 22.2. The maximum absolute atomic E-state index is 13.1. The van der Waals surface area contributed by atoms with Gasteiger partial charge in [0.2, 0.25) is 0 Å². The van der Waals surface area contributed by atoms with Crippen LogP contribution in [0.25, 0.3) is 27.8 Å². The first-order valence-electron chi connectivity index (χ1n) is 10.0. The standard InChI is InChI=1S/C23H20ClN3O6/c1-33-17-5-2-4-15(21(17)30)13-7-9-14(10-8-13)27-18(24)12-16-20(27)22(31)26(23(32)25-16)11-3-6-19(28)29/h2,4-5,7-10,12,30H,3,6,11H2,1H3,(H,25,32)(H,28,29). The summed E-state index contributed by atoms with van der Waals surface area (Å²) in [4.78, 5) is 38.9. The Kier molecular flexibility index (Phi) is 5.97. The van der Waals surface area contributed by atoms with Crippen LogP contribution in [0.5, 0.6) is 11.5 Å². The molecule has 0 aliphatic carbocycles. The summed E-state index contributed by atoms with van der Waals surface area (Å²) < 4.78 is 7.64. The number of nitrogens with one attached hydrogen (secondary N) is 1. The summed E-state index contributed by atoms with van der Waals surface area (Å²) in [6, 6.07) is 13.7. The van der Waals surface area contributed by atoms with Crippen LogP contribution in [0, 0.1) is 0 Å². The zero-order chi connectivity index (χ0) is 23.7. The van der Waals surface area contributed by atoms with Crippen LogP contribution in [0.2, 0.25) is 5.15 Å². The summed E-state index contributed by atoms with van der Waals surface area (Å²) in [6.45, 7) is -0.0345. The lowest BCUT2D eigenvalue weighted by Crippen LogP contribution is -2.35. The Morgan fingerprint density at radius 2 is 1.88 bits per heavy atom. The Bertz CT molecular complexity index is 1470. The maximum Gasteiger partial charge on any atom is 0.328 e. The number of aliphatic carboxylic acids is 1. The van der Waals surface area contributed by atoms with E-state index in [1.165, 1.54) is 17.7 Å². The largest absolute Gasteiger partial charge is 0.504 e. The van der Waals surface area contributed by atoms with Crippen LogP contribution in [0.15, 0.2) is 58.1 Å². The highest BCUT2D eigenvalue weighted by Gasteiger charge is 2.17. The highest BCUT2D eigenvalue weighted by atomic mass is 35.5. The second-order valence-corrected chi connectivity index (χ2v) is 7.74. The molecule has 33 heavy (non-hydrogen) atoms. The summed E-state index contributed by atoms with van der Waals surface area (Å²) in [7, 11) is 1.47. The van der Waals surface area contributed by atoms with Crippen LogP contribution in [0.1, 0.15) is 12.8 Å². The number of aromatic hydroxyl groups is 1. The number of benzene rings is 2. The van der Waals surface area contributed by atoms with Crippen molar-refractivity contribution in [1.29, 1.82) is 0 Å². The first-order valence-corrected chi connectivity index (χ1v) is 10.4. The number of ether oxygens (including phenoxy) is 1. The first-order chi connectivity index (χ1) is 15.8. The van der Waals surface area contributed by atoms with Gasteiger partial charge in [-0.05, 0) is 36.2 Å². The highest BCUT2D eigenvalue weighted by Crippen LogP contribution is 2.37. The van der Waals surface area contributed by atoms with Gasteiger partial charge in [-0.25, -0.2) is 4.79 Å². The van der Waals surface area contributed by atoms with Gasteiger partial charge in [0.05, 0.1) is 12.6 Å². The highest BCUT2D eigenvalue weighted by molar-refractivity contribution is 6.31. The van der Waals surface area contributed by atoms with E-state index in [1.807, 2.05) is 0 Å². The third-order valence-electron chi connectivity index (χ3n) is 5.32. The van der Waals surface area contributed by atoms with Crippen LogP contribution < -0.4 is 16.0 Å². The molecule has 0 saturated carbocycles. The zero-order valence-electron chi connectivity index (χ0n) is 17.5. The number of fused-ring (bicyclic) bond motifs is 1. The number of H-pyrrole nitrogens is 1. The van der Waals surface area contributed by atoms with Crippen LogP contribution in [0.4, 0.5) is 0 Å². The van der Waals surface area contributed by atoms with E-state index in [0.717, 1.165) is 10.1 Å². The number of para-hydroxylation sites is 1. The van der Waals surface area contributed by atoms with Gasteiger partial charge in [0, 0.05) is 24.2 Å². The van der Waals surface area contributed by atoms with Crippen molar-refractivity contribution >= 4 is 28.6 Å². The number of carboxylic acid groups (broad SMARTS) is 1. The number of methoxy groups -OCH3 is 1. The lowest BCUT2D eigenvalue weighted by atomic mass is 10.0. The Labute approximate surface area is 192 Å². The van der Waals surface area contributed by atoms with Crippen molar-refractivity contribution in [2.45, 2.75) is 19.4 Å². The molecule has 4 rings (SSSR count). The molecule has 0 unspecified atom stereocenters. The van der Waals surface area contributed by atoms with E-state index in [2.05, 4.69) is 4.98 Å². The smallest absolute Gasteiger partial charge is 0.328 e. The lowest BCUT2D eigenvalue weighted by molar-refractivity contribution is -0.137. The fraction of sp³-hybridized carbons (Fsp3) is 0.174. The molecule has 170 valence electrons. The van der Waals surface area contributed by atoms with Crippen molar-refractivity contribution in [3.8, 4) is 28.3 Å². The quantitative estimate of drug-likeness (QED) is 0.381. The Morgan fingerprint density at radius 1 is 1.15 bits per heavy atom. The van der Waals surface area contributed by atoms with Gasteiger partial charge in [-0.3, -0.25) is 18.7 Å². The van der Waals surface area contributed by atoms with E-state index in [0.29, 0.717) is 17.0 Å². The average molecular weight is 470 g/mol. The Morgan fingerprint density at radius 3 is 2.55 bits per heavy atom. The number of rotatable bonds is 7. The predicted molar refractivity (Wildman–Crippen MR) is 124 cm³/mol. The normalized spacial score (nSPS) is 11.1. The van der Waals surface area contributed by atoms with Crippen LogP contribution in [-0.2, 0) is 11.3 Å². The molecule has 0 aliphatic rings. The summed E-state index contributed by atoms with van der Waals surface area (Å²) in [5, 5.41) is 19.5. The molecule has 9 nitrogen and oxygen atoms in total. The monoisotopic (exact) mass is 469 g/mol. The summed E-state index contributed by atoms with van der Waals surface area (Å²) in [5.41, 5.74) is 1.13. The van der Waals surface area contributed by atoms with E-state index in [4.69, 9.17) is 21.4 Å². The van der Waals surface area contributed by atoms with Gasteiger partial charge in [-0.1, -0.05) is 35.9 Å². The number of aromatic nitrogens is 3. The molecule has 2 heterocycles. The topological polar surface area (TPSA) is 127 Å². The number of hydrogen-bond acceptors (Lipinski definition) is 5. The number of phenols is 1. The van der Waals surface area contributed by atoms with Gasteiger partial charge in [0.1, 0.15) is 10.7 Å². The summed E-state index contributed by atoms with van der Waals surface area (Å²) >= 11 is 6.40. The molecular formula is C23H20ClN3O6. The summed E-state index contributed by atoms with van der Waals surface area (Å²) in [6.07, 6.45) is -0.0265. The number of hydrogen-bond donors (Lipinski definition) is 3. The van der Waals surface area contributed by atoms with Crippen molar-refractivity contribution in [1.82, 2.24) is 14.1 Å². The molecule has 0 atom stereocenters. The molecule has 0 aliphatic heterocycles. The molecule has 0 spiro atoms. The molecule has 4 aromatic rings. The van der Waals surface area contributed by atoms with E-state index < -0.39 is 17.2 Å². The van der Waals surface area contributed by atoms with Crippen LogP contribution in [-0.4, -0.2) is 37.4 Å². The molecule has 0 amide bonds. The Balaban J connectivity index is 1.78. The number of carbonyl (C=O) groups is 1. The molecule has 0 saturated heterocycles. The molecular weight excluding hydrogens is 450 g/mol. The SMILES string of the molecule is COc1cccc(-c2ccc(-n3c(Cl)cc4[nH]c(=O)n(CCCC(=O)O)c(=O)c43)cc2)c1O. The fourth-order valence-corrected chi connectivity index (χ4v) is 4.03. The number of carboxylic acids is 1. The van der Waals surface area contributed by atoms with Crippen molar-refractivity contribution in [2.24, 2.45) is 0 Å². The zero-order valence-corrected chi connectivity index (χ0v) is 18.3. The van der Waals surface area contributed by atoms with Gasteiger partial charge in [0.25, 0.3) is 5.56 Å². The molecule has 2 aromatic carbocycles. The fourth-order valence-electron chi connectivity index (χ4n) is 3.74. The van der Waals surface area contributed by atoms with Crippen LogP contribution >= 0.6 is 11.6 Å². The minimum atomic E-state index is -1.01. The number of aromatic amines is 1. The van der Waals surface area contributed by atoms with E-state index in [-0.39, 0.29) is 41.3 Å². The van der Waals surface area contributed by atoms with E-state index in [9.17, 15) is 19.5 Å². The van der Waals surface area contributed by atoms with Gasteiger partial charge in [0.15, 0.2) is 11.5 Å². The lowest BCUT2D eigenvalue weighted by Gasteiger charge is -2.11. The van der Waals surface area contributed by atoms with Crippen molar-refractivity contribution in [3.63, 3.8) is 0 Å². The van der Waals surface area contributed by atoms with Gasteiger partial charge < -0.3 is 19.9 Å². The third-order valence-corrected chi connectivity index (χ3v) is 5.60. The predicted octanol–water partition coefficient (Wildman–Crippen LogP) is 3.38. The van der Waals surface area contributed by atoms with E-state index in [1.54, 1.807) is 42.5 Å². The molecule has 0 radical (unpaired) electrons. The minimum absolute atomic E-state index is 0.0130. The molecule has 2 aromatic heterocycles. The van der Waals surface area contributed by atoms with Crippen LogP contribution in [0.3, 0.4) is 0 Å². The molecule has 3 N–H and O–H groups in total. The van der Waals surface area contributed by atoms with Crippen molar-refractivity contribution < 1.29 is 19.7 Å². The number of nitrogens with zero attached hydrogens (tertiary/aromatic N) is 2. The average Bonchev–Trinajstić information content (AvgIpc) is 3.12. The van der Waals surface area contributed by atoms with Gasteiger partial charge in [-0.2, -0.15) is 0 Å². The van der Waals surface area contributed by atoms with Crippen molar-refractivity contribution in [2.75, 3.05) is 7.11 Å². The second kappa shape index (κ2) is 8.87. The minimum Gasteiger partial charge on any atom is -0.504 e. The molecule has 10 heteroatoms. The maximum atomic E-state index is 13.1. The third kappa shape index (κ3) is 4.10. The number of halogens is 1. The second-order valence-electron chi connectivity index (χ2n) is 7.35. The summed E-state index contributed by atoms with van der Waals surface area (Å²) in [5.74, 6) is -0.642. The van der Waals surface area contributed by atoms with Gasteiger partial charge in [-0.15, -0.1) is 0 Å². The number of phenolic OH excluding ortho intramolecular Hbond substituents is 1. The van der Waals surface area contributed by atoms with Crippen molar-refractivity contribution in [3.05, 3.63) is 74.5 Å². The van der Waals surface area contributed by atoms with E-state index >= 15 is 0 Å². The molecule has 0 fully saturated rings. The Hall–Kier alpha value is -3.98. The van der Waals surface area contributed by atoms with Gasteiger partial charge >= 0.3 is 11.7 Å². The molecule has 0 bridgehead atoms.